The average molecular weight is 346 g/mol. The van der Waals surface area contributed by atoms with Crippen LogP contribution in [0.25, 0.3) is 0 Å². The fourth-order valence-electron chi connectivity index (χ4n) is 2.42. The van der Waals surface area contributed by atoms with E-state index in [1.165, 1.54) is 0 Å². The molecule has 0 atom stereocenters. The highest BCUT2D eigenvalue weighted by atomic mass is 16.5. The van der Waals surface area contributed by atoms with E-state index in [9.17, 15) is 9.59 Å². The van der Waals surface area contributed by atoms with Crippen LogP contribution in [0.15, 0.2) is 22.7 Å². The van der Waals surface area contributed by atoms with Crippen molar-refractivity contribution < 1.29 is 28.3 Å². The Hall–Kier alpha value is -3.03. The third kappa shape index (κ3) is 3.90. The first kappa shape index (κ1) is 16.8. The zero-order valence-electron chi connectivity index (χ0n) is 14.0. The van der Waals surface area contributed by atoms with Gasteiger partial charge in [-0.2, -0.15) is 0 Å². The molecule has 0 aliphatic carbocycles. The molecule has 8 nitrogen and oxygen atoms in total. The molecule has 1 aliphatic heterocycles. The predicted octanol–water partition coefficient (Wildman–Crippen LogP) is 2.25. The first-order chi connectivity index (χ1) is 12.0. The molecule has 0 fully saturated rings. The smallest absolute Gasteiger partial charge is 0.344 e. The largest absolute Gasteiger partial charge is 0.490 e. The molecule has 8 heteroatoms. The lowest BCUT2D eigenvalue weighted by molar-refractivity contribution is -0.119. The van der Waals surface area contributed by atoms with Crippen LogP contribution in [0, 0.1) is 13.8 Å². The van der Waals surface area contributed by atoms with E-state index in [1.807, 2.05) is 0 Å². The van der Waals surface area contributed by atoms with E-state index in [1.54, 1.807) is 32.0 Å². The highest BCUT2D eigenvalue weighted by Crippen LogP contribution is 2.32. The number of amides is 1. The van der Waals surface area contributed by atoms with Gasteiger partial charge in [-0.05, 0) is 26.0 Å². The normalized spacial score (nSPS) is 13.0. The van der Waals surface area contributed by atoms with E-state index in [4.69, 9.17) is 18.7 Å². The van der Waals surface area contributed by atoms with Crippen molar-refractivity contribution in [2.45, 2.75) is 20.3 Å². The van der Waals surface area contributed by atoms with Gasteiger partial charge in [0.05, 0.1) is 18.9 Å². The summed E-state index contributed by atoms with van der Waals surface area (Å²) >= 11 is 0. The summed E-state index contributed by atoms with van der Waals surface area (Å²) in [4.78, 5) is 24.0. The molecular formula is C17H18N2O6. The van der Waals surface area contributed by atoms with E-state index in [0.29, 0.717) is 41.9 Å². The minimum atomic E-state index is -0.648. The molecule has 1 aromatic heterocycles. The lowest BCUT2D eigenvalue weighted by atomic mass is 10.2. The van der Waals surface area contributed by atoms with Gasteiger partial charge in [-0.15, -0.1) is 0 Å². The summed E-state index contributed by atoms with van der Waals surface area (Å²) in [5.74, 6) is 0.453. The van der Waals surface area contributed by atoms with Gasteiger partial charge >= 0.3 is 5.97 Å². The van der Waals surface area contributed by atoms with Gasteiger partial charge in [-0.1, -0.05) is 5.16 Å². The Bertz CT molecular complexity index is 779. The number of hydrogen-bond donors (Lipinski definition) is 1. The summed E-state index contributed by atoms with van der Waals surface area (Å²) in [5.41, 5.74) is 1.19. The average Bonchev–Trinajstić information content (AvgIpc) is 2.79. The third-order valence-electron chi connectivity index (χ3n) is 3.60. The maximum atomic E-state index is 12.0. The molecule has 2 aromatic rings. The van der Waals surface area contributed by atoms with Gasteiger partial charge in [-0.25, -0.2) is 4.79 Å². The number of benzene rings is 1. The number of ether oxygens (including phenoxy) is 3. The summed E-state index contributed by atoms with van der Waals surface area (Å²) in [7, 11) is 0. The minimum Gasteiger partial charge on any atom is -0.490 e. The van der Waals surface area contributed by atoms with E-state index < -0.39 is 18.5 Å². The summed E-state index contributed by atoms with van der Waals surface area (Å²) in [6.07, 6.45) is 0.800. The van der Waals surface area contributed by atoms with Crippen molar-refractivity contribution in [3.05, 3.63) is 35.2 Å². The van der Waals surface area contributed by atoms with Crippen LogP contribution in [0.5, 0.6) is 11.5 Å². The van der Waals surface area contributed by atoms with Gasteiger partial charge < -0.3 is 24.1 Å². The SMILES string of the molecule is Cc1noc(C)c1C(=O)OCC(=O)Nc1ccc2c(c1)OCCCO2. The van der Waals surface area contributed by atoms with Crippen LogP contribution in [-0.4, -0.2) is 36.9 Å². The molecule has 3 rings (SSSR count). The molecule has 1 amide bonds. The Morgan fingerprint density at radius 3 is 2.68 bits per heavy atom. The molecule has 0 bridgehead atoms. The molecule has 1 aliphatic rings. The van der Waals surface area contributed by atoms with Gasteiger partial charge in [0.15, 0.2) is 18.1 Å². The number of nitrogens with zero attached hydrogens (tertiary/aromatic N) is 1. The molecule has 25 heavy (non-hydrogen) atoms. The number of anilines is 1. The van der Waals surface area contributed by atoms with Crippen LogP contribution in [0.1, 0.15) is 28.2 Å². The van der Waals surface area contributed by atoms with E-state index >= 15 is 0 Å². The number of aromatic nitrogens is 1. The van der Waals surface area contributed by atoms with Crippen molar-refractivity contribution in [2.75, 3.05) is 25.1 Å². The lowest BCUT2D eigenvalue weighted by Crippen LogP contribution is -2.21. The lowest BCUT2D eigenvalue weighted by Gasteiger charge is -2.10. The van der Waals surface area contributed by atoms with E-state index in [2.05, 4.69) is 10.5 Å². The summed E-state index contributed by atoms with van der Waals surface area (Å²) < 4.78 is 21.0. The van der Waals surface area contributed by atoms with Crippen LogP contribution in [0.2, 0.25) is 0 Å². The maximum Gasteiger partial charge on any atom is 0.344 e. The number of nitrogens with one attached hydrogen (secondary N) is 1. The Labute approximate surface area is 144 Å². The van der Waals surface area contributed by atoms with Crippen molar-refractivity contribution in [2.24, 2.45) is 0 Å². The number of aryl methyl sites for hydroxylation is 2. The van der Waals surface area contributed by atoms with E-state index in [-0.39, 0.29) is 5.56 Å². The standard InChI is InChI=1S/C17H18N2O6/c1-10-16(11(2)25-19-10)17(21)24-9-15(20)18-12-4-5-13-14(8-12)23-7-3-6-22-13/h4-5,8H,3,6-7,9H2,1-2H3,(H,18,20). The highest BCUT2D eigenvalue weighted by Gasteiger charge is 2.20. The molecule has 1 aromatic carbocycles. The molecule has 0 saturated carbocycles. The molecular weight excluding hydrogens is 328 g/mol. The minimum absolute atomic E-state index is 0.239. The topological polar surface area (TPSA) is 99.9 Å². The molecule has 132 valence electrons. The highest BCUT2D eigenvalue weighted by molar-refractivity contribution is 5.96. The zero-order valence-corrected chi connectivity index (χ0v) is 14.0. The second-order valence-electron chi connectivity index (χ2n) is 5.54. The number of hydrogen-bond acceptors (Lipinski definition) is 7. The van der Waals surface area contributed by atoms with Crippen molar-refractivity contribution >= 4 is 17.6 Å². The second-order valence-corrected chi connectivity index (χ2v) is 5.54. The van der Waals surface area contributed by atoms with Crippen molar-refractivity contribution in [1.82, 2.24) is 5.16 Å². The van der Waals surface area contributed by atoms with Gasteiger partial charge in [0.25, 0.3) is 5.91 Å². The van der Waals surface area contributed by atoms with Crippen molar-refractivity contribution in [3.63, 3.8) is 0 Å². The van der Waals surface area contributed by atoms with Crippen molar-refractivity contribution in [3.8, 4) is 11.5 Å². The van der Waals surface area contributed by atoms with Crippen LogP contribution < -0.4 is 14.8 Å². The quantitative estimate of drug-likeness (QED) is 0.847. The Morgan fingerprint density at radius 1 is 1.20 bits per heavy atom. The van der Waals surface area contributed by atoms with Gasteiger partial charge in [-0.3, -0.25) is 4.79 Å². The summed E-state index contributed by atoms with van der Waals surface area (Å²) in [6, 6.07) is 5.10. The fourth-order valence-corrected chi connectivity index (χ4v) is 2.42. The fraction of sp³-hybridized carbons (Fsp3) is 0.353. The Morgan fingerprint density at radius 2 is 1.96 bits per heavy atom. The molecule has 0 radical (unpaired) electrons. The number of carbonyl (C=O) groups excluding carboxylic acids is 2. The summed E-state index contributed by atoms with van der Waals surface area (Å²) in [6.45, 7) is 3.96. The molecule has 0 saturated heterocycles. The second kappa shape index (κ2) is 7.25. The number of fused-ring (bicyclic) bond motifs is 1. The molecule has 1 N–H and O–H groups in total. The number of carbonyl (C=O) groups is 2. The first-order valence-electron chi connectivity index (χ1n) is 7.84. The van der Waals surface area contributed by atoms with Crippen molar-refractivity contribution in [1.29, 1.82) is 0 Å². The van der Waals surface area contributed by atoms with Crippen LogP contribution in [0.3, 0.4) is 0 Å². The van der Waals surface area contributed by atoms with Gasteiger partial charge in [0, 0.05) is 18.2 Å². The van der Waals surface area contributed by atoms with E-state index in [0.717, 1.165) is 6.42 Å². The number of esters is 1. The van der Waals surface area contributed by atoms with Gasteiger partial charge in [0.2, 0.25) is 0 Å². The molecule has 0 unspecified atom stereocenters. The van der Waals surface area contributed by atoms with Crippen LogP contribution in [0.4, 0.5) is 5.69 Å². The van der Waals surface area contributed by atoms with Crippen LogP contribution in [-0.2, 0) is 9.53 Å². The third-order valence-corrected chi connectivity index (χ3v) is 3.60. The van der Waals surface area contributed by atoms with Gasteiger partial charge in [0.1, 0.15) is 11.3 Å². The number of rotatable bonds is 4. The van der Waals surface area contributed by atoms with Crippen LogP contribution >= 0.6 is 0 Å². The Balaban J connectivity index is 1.58. The predicted molar refractivity (Wildman–Crippen MR) is 86.9 cm³/mol. The Kier molecular flexibility index (Phi) is 4.87. The molecule has 2 heterocycles. The summed E-state index contributed by atoms with van der Waals surface area (Å²) in [5, 5.41) is 6.33. The zero-order chi connectivity index (χ0) is 17.8. The first-order valence-corrected chi connectivity index (χ1v) is 7.84. The maximum absolute atomic E-state index is 12.0. The monoisotopic (exact) mass is 346 g/mol. The molecule has 0 spiro atoms.